The van der Waals surface area contributed by atoms with E-state index in [-0.39, 0.29) is 15.9 Å². The molecule has 0 spiro atoms. The van der Waals surface area contributed by atoms with Crippen LogP contribution in [0.4, 0.5) is 10.8 Å². The smallest absolute Gasteiger partial charge is 0.265 e. The summed E-state index contributed by atoms with van der Waals surface area (Å²) >= 11 is 1.19. The summed E-state index contributed by atoms with van der Waals surface area (Å²) in [5, 5.41) is 3.07. The second kappa shape index (κ2) is 8.75. The van der Waals surface area contributed by atoms with Crippen LogP contribution in [0.15, 0.2) is 83.8 Å². The second-order valence-electron chi connectivity index (χ2n) is 6.68. The summed E-state index contributed by atoms with van der Waals surface area (Å²) in [5.41, 5.74) is 1.20. The third-order valence-corrected chi connectivity index (χ3v) is 6.77. The van der Waals surface area contributed by atoms with Crippen molar-refractivity contribution in [1.29, 1.82) is 0 Å². The number of para-hydroxylation sites is 1. The molecule has 31 heavy (non-hydrogen) atoms. The predicted molar refractivity (Wildman–Crippen MR) is 122 cm³/mol. The molecule has 0 fully saturated rings. The van der Waals surface area contributed by atoms with Crippen LogP contribution in [0, 0.1) is 0 Å². The average Bonchev–Trinajstić information content (AvgIpc) is 3.15. The first-order valence-electron chi connectivity index (χ1n) is 9.42. The number of aromatic nitrogens is 1. The van der Waals surface area contributed by atoms with Crippen molar-refractivity contribution in [3.8, 4) is 5.75 Å². The van der Waals surface area contributed by atoms with E-state index in [1.165, 1.54) is 23.5 Å². The Labute approximate surface area is 183 Å². The zero-order valence-corrected chi connectivity index (χ0v) is 18.1. The lowest BCUT2D eigenvalue weighted by atomic mass is 10.2. The molecule has 0 aliphatic rings. The Morgan fingerprint density at radius 1 is 1.00 bits per heavy atom. The van der Waals surface area contributed by atoms with Crippen molar-refractivity contribution in [1.82, 2.24) is 4.98 Å². The third kappa shape index (κ3) is 5.01. The fraction of sp³-hybridized carbons (Fsp3) is 0.0909. The van der Waals surface area contributed by atoms with Crippen LogP contribution >= 0.6 is 11.3 Å². The van der Waals surface area contributed by atoms with Gasteiger partial charge >= 0.3 is 0 Å². The number of hydrogen-bond donors (Lipinski definition) is 2. The van der Waals surface area contributed by atoms with Crippen LogP contribution in [-0.2, 0) is 14.8 Å². The molecule has 4 rings (SSSR count). The zero-order valence-electron chi connectivity index (χ0n) is 16.5. The number of carbonyl (C=O) groups excluding carboxylic acids is 1. The average molecular weight is 454 g/mol. The van der Waals surface area contributed by atoms with E-state index in [9.17, 15) is 13.2 Å². The van der Waals surface area contributed by atoms with Crippen LogP contribution in [0.25, 0.3) is 10.2 Å². The largest absolute Gasteiger partial charge is 0.481 e. The normalized spacial score (nSPS) is 12.3. The van der Waals surface area contributed by atoms with Crippen LogP contribution in [0.3, 0.4) is 0 Å². The number of anilines is 2. The van der Waals surface area contributed by atoms with Gasteiger partial charge in [0.2, 0.25) is 0 Å². The van der Waals surface area contributed by atoms with Crippen molar-refractivity contribution < 1.29 is 17.9 Å². The molecule has 0 saturated heterocycles. The van der Waals surface area contributed by atoms with Gasteiger partial charge in [0.25, 0.3) is 15.9 Å². The molecule has 1 atom stereocenters. The number of ether oxygens (including phenoxy) is 1. The van der Waals surface area contributed by atoms with Gasteiger partial charge in [-0.25, -0.2) is 13.4 Å². The van der Waals surface area contributed by atoms with Gasteiger partial charge in [0.1, 0.15) is 5.75 Å². The summed E-state index contributed by atoms with van der Waals surface area (Å²) in [6, 6.07) is 22.4. The highest BCUT2D eigenvalue weighted by Gasteiger charge is 2.18. The number of nitrogens with one attached hydrogen (secondary N) is 2. The minimum Gasteiger partial charge on any atom is -0.481 e. The minimum atomic E-state index is -3.72. The Hall–Kier alpha value is -3.43. The maximum Gasteiger partial charge on any atom is 0.265 e. The van der Waals surface area contributed by atoms with Gasteiger partial charge in [-0.05, 0) is 49.4 Å². The van der Waals surface area contributed by atoms with Gasteiger partial charge < -0.3 is 10.1 Å². The number of sulfonamides is 1. The summed E-state index contributed by atoms with van der Waals surface area (Å²) in [5.74, 6) is 0.316. The lowest BCUT2D eigenvalue weighted by molar-refractivity contribution is -0.122. The maximum absolute atomic E-state index is 12.5. The minimum absolute atomic E-state index is 0.162. The van der Waals surface area contributed by atoms with Gasteiger partial charge in [0.05, 0.1) is 15.1 Å². The van der Waals surface area contributed by atoms with Crippen molar-refractivity contribution in [2.24, 2.45) is 0 Å². The van der Waals surface area contributed by atoms with E-state index < -0.39 is 16.1 Å². The van der Waals surface area contributed by atoms with Gasteiger partial charge in [-0.2, -0.15) is 0 Å². The second-order valence-corrected chi connectivity index (χ2v) is 9.40. The van der Waals surface area contributed by atoms with E-state index >= 15 is 0 Å². The molecule has 4 aromatic rings. The Morgan fingerprint density at radius 3 is 2.39 bits per heavy atom. The molecule has 0 bridgehead atoms. The molecule has 7 nitrogen and oxygen atoms in total. The molecule has 158 valence electrons. The van der Waals surface area contributed by atoms with Crippen molar-refractivity contribution in [2.45, 2.75) is 17.9 Å². The fourth-order valence-electron chi connectivity index (χ4n) is 2.82. The molecular formula is C22H19N3O4S2. The highest BCUT2D eigenvalue weighted by molar-refractivity contribution is 7.93. The van der Waals surface area contributed by atoms with Gasteiger partial charge in [-0.15, -0.1) is 0 Å². The number of hydrogen-bond acceptors (Lipinski definition) is 6. The van der Waals surface area contributed by atoms with Crippen LogP contribution in [0.2, 0.25) is 0 Å². The van der Waals surface area contributed by atoms with E-state index in [1.807, 2.05) is 18.2 Å². The molecule has 1 aromatic heterocycles. The Balaban J connectivity index is 1.47. The molecular weight excluding hydrogens is 434 g/mol. The summed E-state index contributed by atoms with van der Waals surface area (Å²) < 4.78 is 33.9. The molecule has 1 amide bonds. The van der Waals surface area contributed by atoms with Crippen LogP contribution in [0.5, 0.6) is 5.75 Å². The monoisotopic (exact) mass is 453 g/mol. The van der Waals surface area contributed by atoms with Gasteiger partial charge in [0, 0.05) is 5.69 Å². The summed E-state index contributed by atoms with van der Waals surface area (Å²) in [7, 11) is -3.72. The third-order valence-electron chi connectivity index (χ3n) is 4.36. The van der Waals surface area contributed by atoms with Crippen molar-refractivity contribution in [2.75, 3.05) is 10.0 Å². The first-order chi connectivity index (χ1) is 14.9. The quantitative estimate of drug-likeness (QED) is 0.429. The number of amides is 1. The molecule has 0 unspecified atom stereocenters. The first-order valence-corrected chi connectivity index (χ1v) is 11.7. The predicted octanol–water partition coefficient (Wildman–Crippen LogP) is 4.50. The van der Waals surface area contributed by atoms with Crippen molar-refractivity contribution in [3.05, 3.63) is 78.9 Å². The summed E-state index contributed by atoms with van der Waals surface area (Å²) in [4.78, 5) is 16.9. The van der Waals surface area contributed by atoms with E-state index in [0.29, 0.717) is 17.0 Å². The highest BCUT2D eigenvalue weighted by atomic mass is 32.2. The SMILES string of the molecule is C[C@H](Oc1ccccc1)C(=O)Nc1ccc2nc(NS(=O)(=O)c3ccccc3)sc2c1. The van der Waals surface area contributed by atoms with E-state index in [1.54, 1.807) is 55.5 Å². The maximum atomic E-state index is 12.5. The molecule has 0 aliphatic carbocycles. The Kier molecular flexibility index (Phi) is 5.88. The van der Waals surface area contributed by atoms with Crippen LogP contribution < -0.4 is 14.8 Å². The first kappa shape index (κ1) is 20.8. The topological polar surface area (TPSA) is 97.4 Å². The summed E-state index contributed by atoms with van der Waals surface area (Å²) in [6.07, 6.45) is -0.687. The van der Waals surface area contributed by atoms with Crippen LogP contribution in [-0.4, -0.2) is 25.4 Å². The lowest BCUT2D eigenvalue weighted by Crippen LogP contribution is -2.30. The number of nitrogens with zero attached hydrogens (tertiary/aromatic N) is 1. The molecule has 3 aromatic carbocycles. The van der Waals surface area contributed by atoms with Crippen molar-refractivity contribution >= 4 is 48.3 Å². The van der Waals surface area contributed by atoms with Gasteiger partial charge in [-0.1, -0.05) is 47.7 Å². The van der Waals surface area contributed by atoms with E-state index in [0.717, 1.165) is 4.70 Å². The number of fused-ring (bicyclic) bond motifs is 1. The van der Waals surface area contributed by atoms with Gasteiger partial charge in [0.15, 0.2) is 11.2 Å². The lowest BCUT2D eigenvalue weighted by Gasteiger charge is -2.14. The molecule has 0 saturated carbocycles. The molecule has 9 heteroatoms. The van der Waals surface area contributed by atoms with E-state index in [4.69, 9.17) is 4.74 Å². The molecule has 2 N–H and O–H groups in total. The number of carbonyl (C=O) groups is 1. The highest BCUT2D eigenvalue weighted by Crippen LogP contribution is 2.30. The number of benzene rings is 3. The Morgan fingerprint density at radius 2 is 1.68 bits per heavy atom. The van der Waals surface area contributed by atoms with Gasteiger partial charge in [-0.3, -0.25) is 9.52 Å². The van der Waals surface area contributed by atoms with Crippen LogP contribution in [0.1, 0.15) is 6.92 Å². The van der Waals surface area contributed by atoms with Crippen molar-refractivity contribution in [3.63, 3.8) is 0 Å². The molecule has 1 heterocycles. The van der Waals surface area contributed by atoms with E-state index in [2.05, 4.69) is 15.0 Å². The Bertz CT molecular complexity index is 1310. The standard InChI is InChI=1S/C22H19N3O4S2/c1-15(29-17-8-4-2-5-9-17)21(26)23-16-12-13-19-20(14-16)30-22(24-19)25-31(27,28)18-10-6-3-7-11-18/h2-15H,1H3,(H,23,26)(H,24,25)/t15-/m0/s1. The number of thiazole rings is 1. The number of rotatable bonds is 7. The zero-order chi connectivity index (χ0) is 21.8. The molecule has 0 aliphatic heterocycles. The summed E-state index contributed by atoms with van der Waals surface area (Å²) in [6.45, 7) is 1.67. The molecule has 0 radical (unpaired) electrons. The fourth-order valence-corrected chi connectivity index (χ4v) is 4.98.